The van der Waals surface area contributed by atoms with Crippen LogP contribution in [-0.4, -0.2) is 46.4 Å². The number of fused-ring (bicyclic) bond motifs is 1. The van der Waals surface area contributed by atoms with Gasteiger partial charge in [0.15, 0.2) is 0 Å². The molecule has 3 N–H and O–H groups in total. The molecule has 0 saturated carbocycles. The highest BCUT2D eigenvalue weighted by Crippen LogP contribution is 2.31. The first kappa shape index (κ1) is 18.7. The molecule has 0 atom stereocenters. The lowest BCUT2D eigenvalue weighted by Gasteiger charge is -2.30. The van der Waals surface area contributed by atoms with E-state index in [4.69, 9.17) is 4.74 Å². The van der Waals surface area contributed by atoms with E-state index in [-0.39, 0.29) is 11.7 Å². The molecule has 1 fully saturated rings. The predicted molar refractivity (Wildman–Crippen MR) is 112 cm³/mol. The largest absolute Gasteiger partial charge is 0.496 e. The number of anilines is 3. The van der Waals surface area contributed by atoms with Crippen molar-refractivity contribution in [3.63, 3.8) is 0 Å². The van der Waals surface area contributed by atoms with E-state index >= 15 is 0 Å². The van der Waals surface area contributed by atoms with Crippen molar-refractivity contribution in [3.05, 3.63) is 45.3 Å². The average Bonchev–Trinajstić information content (AvgIpc) is 2.68. The van der Waals surface area contributed by atoms with E-state index < -0.39 is 0 Å². The molecule has 8 nitrogen and oxygen atoms in total. The number of aliphatic hydroxyl groups is 1. The minimum Gasteiger partial charge on any atom is -0.496 e. The van der Waals surface area contributed by atoms with E-state index in [1.165, 1.54) is 0 Å². The maximum absolute atomic E-state index is 12.4. The summed E-state index contributed by atoms with van der Waals surface area (Å²) in [6, 6.07) is 7.30. The molecule has 146 valence electrons. The van der Waals surface area contributed by atoms with Gasteiger partial charge >= 0.3 is 0 Å². The van der Waals surface area contributed by atoms with E-state index in [2.05, 4.69) is 36.2 Å². The van der Waals surface area contributed by atoms with Gasteiger partial charge in [0.1, 0.15) is 17.0 Å². The van der Waals surface area contributed by atoms with Crippen molar-refractivity contribution in [2.45, 2.75) is 18.9 Å². The smallest absolute Gasteiger partial charge is 0.261 e. The number of ether oxygens (including phenoxy) is 1. The van der Waals surface area contributed by atoms with Crippen LogP contribution in [0.2, 0.25) is 0 Å². The summed E-state index contributed by atoms with van der Waals surface area (Å²) in [7, 11) is 1.60. The Morgan fingerprint density at radius 2 is 2.07 bits per heavy atom. The first-order valence-corrected chi connectivity index (χ1v) is 9.77. The quantitative estimate of drug-likeness (QED) is 0.566. The zero-order valence-electron chi connectivity index (χ0n) is 15.3. The molecule has 28 heavy (non-hydrogen) atoms. The van der Waals surface area contributed by atoms with Gasteiger partial charge < -0.3 is 25.0 Å². The van der Waals surface area contributed by atoms with Crippen molar-refractivity contribution in [2.24, 2.45) is 0 Å². The van der Waals surface area contributed by atoms with Crippen LogP contribution < -0.4 is 20.5 Å². The number of pyridine rings is 1. The minimum atomic E-state index is -0.284. The number of hydrogen-bond donors (Lipinski definition) is 3. The van der Waals surface area contributed by atoms with Crippen molar-refractivity contribution < 1.29 is 9.84 Å². The minimum absolute atomic E-state index is 0.256. The van der Waals surface area contributed by atoms with E-state index in [0.717, 1.165) is 10.2 Å². The average molecular weight is 446 g/mol. The molecule has 0 bridgehead atoms. The lowest BCUT2D eigenvalue weighted by Crippen LogP contribution is -2.37. The number of halogens is 1. The lowest BCUT2D eigenvalue weighted by molar-refractivity contribution is 0.145. The third kappa shape index (κ3) is 3.67. The highest BCUT2D eigenvalue weighted by Gasteiger charge is 2.21. The summed E-state index contributed by atoms with van der Waals surface area (Å²) < 4.78 is 6.05. The summed E-state index contributed by atoms with van der Waals surface area (Å²) in [6.45, 7) is 1.34. The number of aliphatic hydroxyl groups excluding tert-OH is 1. The molecular weight excluding hydrogens is 426 g/mol. The summed E-state index contributed by atoms with van der Waals surface area (Å²) in [5.41, 5.74) is 1.07. The number of aromatic amines is 1. The van der Waals surface area contributed by atoms with Crippen LogP contribution >= 0.6 is 15.9 Å². The van der Waals surface area contributed by atoms with Crippen LogP contribution in [0.25, 0.3) is 10.9 Å². The molecule has 3 aromatic rings. The van der Waals surface area contributed by atoms with Gasteiger partial charge in [0.2, 0.25) is 5.95 Å². The first-order valence-electron chi connectivity index (χ1n) is 8.98. The van der Waals surface area contributed by atoms with Crippen molar-refractivity contribution in [2.75, 3.05) is 30.4 Å². The van der Waals surface area contributed by atoms with Crippen molar-refractivity contribution in [1.82, 2.24) is 15.0 Å². The molecule has 4 rings (SSSR count). The van der Waals surface area contributed by atoms with Crippen LogP contribution in [0.5, 0.6) is 5.75 Å². The molecule has 0 aliphatic carbocycles. The second-order valence-corrected chi connectivity index (χ2v) is 7.49. The molecule has 0 unspecified atom stereocenters. The number of nitrogens with one attached hydrogen (secondary N) is 2. The molecule has 1 saturated heterocycles. The molecule has 0 amide bonds. The number of aromatic nitrogens is 3. The molecule has 2 aromatic heterocycles. The van der Waals surface area contributed by atoms with E-state index in [9.17, 15) is 9.90 Å². The molecular formula is C19H20BrN5O3. The number of piperidine rings is 1. The topological polar surface area (TPSA) is 103 Å². The third-order valence-corrected chi connectivity index (χ3v) is 5.39. The maximum Gasteiger partial charge on any atom is 0.261 e. The molecule has 3 heterocycles. The Kier molecular flexibility index (Phi) is 5.19. The van der Waals surface area contributed by atoms with Crippen molar-refractivity contribution in [3.8, 4) is 5.75 Å². The van der Waals surface area contributed by atoms with Crippen LogP contribution in [-0.2, 0) is 0 Å². The summed E-state index contributed by atoms with van der Waals surface area (Å²) in [4.78, 5) is 26.4. The Morgan fingerprint density at radius 3 is 2.79 bits per heavy atom. The molecule has 0 spiro atoms. The van der Waals surface area contributed by atoms with Gasteiger partial charge in [0.25, 0.3) is 5.56 Å². The van der Waals surface area contributed by atoms with Gasteiger partial charge in [-0.05, 0) is 53.0 Å². The molecule has 9 heteroatoms. The van der Waals surface area contributed by atoms with E-state index in [0.29, 0.717) is 54.3 Å². The number of methoxy groups -OCH3 is 1. The van der Waals surface area contributed by atoms with Gasteiger partial charge in [-0.2, -0.15) is 4.98 Å². The van der Waals surface area contributed by atoms with Crippen LogP contribution in [0.15, 0.2) is 39.7 Å². The Bertz CT molecular complexity index is 1060. The van der Waals surface area contributed by atoms with Crippen LogP contribution in [0.1, 0.15) is 12.8 Å². The Balaban J connectivity index is 1.77. The highest BCUT2D eigenvalue weighted by atomic mass is 79.9. The Hall–Kier alpha value is -2.65. The molecule has 1 aliphatic heterocycles. The van der Waals surface area contributed by atoms with Gasteiger partial charge in [0.05, 0.1) is 23.2 Å². The molecule has 0 radical (unpaired) electrons. The van der Waals surface area contributed by atoms with Gasteiger partial charge in [-0.1, -0.05) is 0 Å². The Labute approximate surface area is 169 Å². The summed E-state index contributed by atoms with van der Waals surface area (Å²) in [6.07, 6.45) is 2.64. The first-order chi connectivity index (χ1) is 13.5. The summed E-state index contributed by atoms with van der Waals surface area (Å²) in [5.74, 6) is 1.69. The highest BCUT2D eigenvalue weighted by molar-refractivity contribution is 9.10. The van der Waals surface area contributed by atoms with E-state index in [1.807, 2.05) is 23.1 Å². The van der Waals surface area contributed by atoms with Gasteiger partial charge in [-0.25, -0.2) is 4.98 Å². The van der Waals surface area contributed by atoms with Crippen LogP contribution in [0.3, 0.4) is 0 Å². The van der Waals surface area contributed by atoms with Crippen LogP contribution in [0.4, 0.5) is 17.5 Å². The van der Waals surface area contributed by atoms with Gasteiger partial charge in [-0.3, -0.25) is 4.79 Å². The number of H-pyrrole nitrogens is 1. The number of rotatable bonds is 4. The fraction of sp³-hybridized carbons (Fsp3) is 0.316. The van der Waals surface area contributed by atoms with Crippen molar-refractivity contribution in [1.29, 1.82) is 0 Å². The summed E-state index contributed by atoms with van der Waals surface area (Å²) in [5, 5.41) is 13.4. The third-order valence-electron chi connectivity index (χ3n) is 4.77. The number of benzene rings is 1. The Morgan fingerprint density at radius 1 is 1.29 bits per heavy atom. The second-order valence-electron chi connectivity index (χ2n) is 6.63. The lowest BCUT2D eigenvalue weighted by atomic mass is 10.1. The predicted octanol–water partition coefficient (Wildman–Crippen LogP) is 2.79. The molecule has 1 aliphatic rings. The van der Waals surface area contributed by atoms with Crippen molar-refractivity contribution >= 4 is 44.3 Å². The SMILES string of the molecule is COc1ccc(Nc2nc(N3CCC(O)CC3)nc3cc[nH]c(=O)c23)cc1Br. The fourth-order valence-corrected chi connectivity index (χ4v) is 3.80. The summed E-state index contributed by atoms with van der Waals surface area (Å²) >= 11 is 3.47. The standard InChI is InChI=1S/C19H20BrN5O3/c1-28-15-3-2-11(10-13(15)20)22-17-16-14(4-7-21-18(16)27)23-19(24-17)25-8-5-12(26)6-9-25/h2-4,7,10,12,26H,5-6,8-9H2,1H3,(H,21,27)(H,22,23,24). The fourth-order valence-electron chi connectivity index (χ4n) is 3.26. The van der Waals surface area contributed by atoms with Crippen LogP contribution in [0, 0.1) is 0 Å². The second kappa shape index (κ2) is 7.76. The molecule has 1 aromatic carbocycles. The normalized spacial score (nSPS) is 15.0. The number of nitrogens with zero attached hydrogens (tertiary/aromatic N) is 3. The number of hydrogen-bond acceptors (Lipinski definition) is 7. The maximum atomic E-state index is 12.4. The van der Waals surface area contributed by atoms with Gasteiger partial charge in [0, 0.05) is 25.0 Å². The zero-order valence-corrected chi connectivity index (χ0v) is 16.9. The monoisotopic (exact) mass is 445 g/mol. The van der Waals surface area contributed by atoms with Gasteiger partial charge in [-0.15, -0.1) is 0 Å². The van der Waals surface area contributed by atoms with E-state index in [1.54, 1.807) is 19.4 Å². The zero-order chi connectivity index (χ0) is 19.7.